The Morgan fingerprint density at radius 1 is 1.35 bits per heavy atom. The van der Waals surface area contributed by atoms with E-state index in [4.69, 9.17) is 4.74 Å². The molecular weight excluding hydrogens is 292 g/mol. The summed E-state index contributed by atoms with van der Waals surface area (Å²) in [6, 6.07) is 6.21. The molecule has 118 valence electrons. The first kappa shape index (κ1) is 14.0. The average Bonchev–Trinajstić information content (AvgIpc) is 3.23. The Hall–Kier alpha value is -2.67. The molecule has 0 amide bonds. The molecule has 0 spiro atoms. The second kappa shape index (κ2) is 5.85. The van der Waals surface area contributed by atoms with Crippen LogP contribution in [0.3, 0.4) is 0 Å². The molecule has 7 nitrogen and oxygen atoms in total. The second-order valence-corrected chi connectivity index (χ2v) is 5.57. The van der Waals surface area contributed by atoms with E-state index in [1.807, 2.05) is 22.8 Å². The largest absolute Gasteiger partial charge is 0.497 e. The van der Waals surface area contributed by atoms with E-state index >= 15 is 0 Å². The Bertz CT molecular complexity index is 824. The number of nitrogens with one attached hydrogen (secondary N) is 2. The van der Waals surface area contributed by atoms with Gasteiger partial charge >= 0.3 is 0 Å². The van der Waals surface area contributed by atoms with Crippen LogP contribution in [0.4, 0.5) is 5.82 Å². The van der Waals surface area contributed by atoms with Crippen molar-refractivity contribution >= 4 is 16.9 Å². The highest BCUT2D eigenvalue weighted by atomic mass is 16.5. The van der Waals surface area contributed by atoms with E-state index in [-0.39, 0.29) is 0 Å². The van der Waals surface area contributed by atoms with Crippen LogP contribution in [0.15, 0.2) is 36.9 Å². The highest BCUT2D eigenvalue weighted by Gasteiger charge is 2.15. The second-order valence-electron chi connectivity index (χ2n) is 5.57. The van der Waals surface area contributed by atoms with Gasteiger partial charge in [-0.1, -0.05) is 0 Å². The molecule has 4 rings (SSSR count). The standard InChI is InChI=1S/C16H18N6O/c1-23-12-2-3-14-13(6-12)19-10-22(14)16-9-18-8-15(21-16)20-11-4-5-17-7-11/h2-3,6,8-11,17H,4-5,7H2,1H3,(H,20,21)/t11-/m1/s1. The number of hydrogen-bond donors (Lipinski definition) is 2. The number of benzene rings is 1. The smallest absolute Gasteiger partial charge is 0.159 e. The van der Waals surface area contributed by atoms with Gasteiger partial charge in [-0.05, 0) is 25.1 Å². The van der Waals surface area contributed by atoms with Crippen molar-refractivity contribution in [3.05, 3.63) is 36.9 Å². The number of rotatable bonds is 4. The van der Waals surface area contributed by atoms with E-state index in [1.54, 1.807) is 25.8 Å². The Kier molecular flexibility index (Phi) is 3.55. The minimum atomic E-state index is 0.406. The molecule has 2 aromatic heterocycles. The highest BCUT2D eigenvalue weighted by molar-refractivity contribution is 5.78. The quantitative estimate of drug-likeness (QED) is 0.762. The van der Waals surface area contributed by atoms with Gasteiger partial charge < -0.3 is 15.4 Å². The van der Waals surface area contributed by atoms with Gasteiger partial charge in [0.05, 0.1) is 30.5 Å². The van der Waals surface area contributed by atoms with Gasteiger partial charge in [-0.15, -0.1) is 0 Å². The van der Waals surface area contributed by atoms with Crippen molar-refractivity contribution in [2.24, 2.45) is 0 Å². The number of nitrogens with zero attached hydrogens (tertiary/aromatic N) is 4. The van der Waals surface area contributed by atoms with Crippen molar-refractivity contribution in [3.8, 4) is 11.6 Å². The monoisotopic (exact) mass is 310 g/mol. The van der Waals surface area contributed by atoms with Crippen LogP contribution < -0.4 is 15.4 Å². The lowest BCUT2D eigenvalue weighted by molar-refractivity contribution is 0.415. The van der Waals surface area contributed by atoms with E-state index in [2.05, 4.69) is 25.6 Å². The number of fused-ring (bicyclic) bond motifs is 1. The van der Waals surface area contributed by atoms with Crippen molar-refractivity contribution in [1.82, 2.24) is 24.8 Å². The Morgan fingerprint density at radius 3 is 3.13 bits per heavy atom. The lowest BCUT2D eigenvalue weighted by Crippen LogP contribution is -2.23. The van der Waals surface area contributed by atoms with Crippen LogP contribution in [0.1, 0.15) is 6.42 Å². The molecule has 3 heterocycles. The normalized spacial score (nSPS) is 17.5. The molecular formula is C16H18N6O. The van der Waals surface area contributed by atoms with Crippen LogP contribution >= 0.6 is 0 Å². The summed E-state index contributed by atoms with van der Waals surface area (Å²) in [6.45, 7) is 2.00. The summed E-state index contributed by atoms with van der Waals surface area (Å²) in [5, 5.41) is 6.75. The van der Waals surface area contributed by atoms with Crippen molar-refractivity contribution < 1.29 is 4.74 Å². The van der Waals surface area contributed by atoms with E-state index in [0.717, 1.165) is 47.9 Å². The summed E-state index contributed by atoms with van der Waals surface area (Å²) in [6.07, 6.45) is 6.35. The molecule has 3 aromatic rings. The maximum absolute atomic E-state index is 5.24. The van der Waals surface area contributed by atoms with Crippen LogP contribution in [-0.4, -0.2) is 45.8 Å². The number of hydrogen-bond acceptors (Lipinski definition) is 6. The summed E-state index contributed by atoms with van der Waals surface area (Å²) >= 11 is 0. The first-order valence-corrected chi connectivity index (χ1v) is 7.64. The Morgan fingerprint density at radius 2 is 2.30 bits per heavy atom. The summed E-state index contributed by atoms with van der Waals surface area (Å²) in [5.74, 6) is 2.32. The number of methoxy groups -OCH3 is 1. The molecule has 0 bridgehead atoms. The molecule has 0 radical (unpaired) electrons. The molecule has 2 N–H and O–H groups in total. The first-order valence-electron chi connectivity index (χ1n) is 7.64. The molecule has 0 unspecified atom stereocenters. The summed E-state index contributed by atoms with van der Waals surface area (Å²) in [7, 11) is 1.65. The van der Waals surface area contributed by atoms with Crippen LogP contribution in [0.25, 0.3) is 16.9 Å². The Balaban J connectivity index is 1.67. The van der Waals surface area contributed by atoms with Crippen LogP contribution in [0.2, 0.25) is 0 Å². The third kappa shape index (κ3) is 2.70. The summed E-state index contributed by atoms with van der Waals surface area (Å²) in [5.41, 5.74) is 1.84. The van der Waals surface area contributed by atoms with Crippen LogP contribution in [0, 0.1) is 0 Å². The van der Waals surface area contributed by atoms with Gasteiger partial charge in [0.2, 0.25) is 0 Å². The fraction of sp³-hybridized carbons (Fsp3) is 0.312. The predicted octanol–water partition coefficient (Wildman–Crippen LogP) is 1.60. The average molecular weight is 310 g/mol. The molecule has 1 aliphatic heterocycles. The lowest BCUT2D eigenvalue weighted by Gasteiger charge is -2.12. The topological polar surface area (TPSA) is 76.9 Å². The molecule has 1 saturated heterocycles. The van der Waals surface area contributed by atoms with E-state index in [9.17, 15) is 0 Å². The van der Waals surface area contributed by atoms with Crippen molar-refractivity contribution in [2.45, 2.75) is 12.5 Å². The maximum atomic E-state index is 5.24. The zero-order valence-electron chi connectivity index (χ0n) is 12.9. The van der Waals surface area contributed by atoms with Gasteiger partial charge in [0, 0.05) is 18.7 Å². The van der Waals surface area contributed by atoms with Crippen molar-refractivity contribution in [3.63, 3.8) is 0 Å². The van der Waals surface area contributed by atoms with Gasteiger partial charge in [0.25, 0.3) is 0 Å². The number of ether oxygens (including phenoxy) is 1. The van der Waals surface area contributed by atoms with Gasteiger partial charge in [-0.2, -0.15) is 0 Å². The predicted molar refractivity (Wildman–Crippen MR) is 88.1 cm³/mol. The minimum Gasteiger partial charge on any atom is -0.497 e. The van der Waals surface area contributed by atoms with Crippen molar-refractivity contribution in [1.29, 1.82) is 0 Å². The Labute approximate surface area is 133 Å². The maximum Gasteiger partial charge on any atom is 0.159 e. The molecule has 7 heteroatoms. The van der Waals surface area contributed by atoms with E-state index in [1.165, 1.54) is 0 Å². The van der Waals surface area contributed by atoms with Crippen LogP contribution in [0.5, 0.6) is 5.75 Å². The molecule has 23 heavy (non-hydrogen) atoms. The summed E-state index contributed by atoms with van der Waals surface area (Å²) < 4.78 is 7.17. The molecule has 1 aliphatic rings. The lowest BCUT2D eigenvalue weighted by atomic mass is 10.2. The fourth-order valence-electron chi connectivity index (χ4n) is 2.83. The van der Waals surface area contributed by atoms with E-state index < -0.39 is 0 Å². The van der Waals surface area contributed by atoms with Gasteiger partial charge in [-0.25, -0.2) is 9.97 Å². The molecule has 0 aliphatic carbocycles. The first-order chi connectivity index (χ1) is 11.3. The molecule has 0 saturated carbocycles. The van der Waals surface area contributed by atoms with Gasteiger partial charge in [-0.3, -0.25) is 9.55 Å². The number of anilines is 1. The molecule has 1 fully saturated rings. The minimum absolute atomic E-state index is 0.406. The third-order valence-electron chi connectivity index (χ3n) is 4.04. The van der Waals surface area contributed by atoms with Gasteiger partial charge in [0.1, 0.15) is 17.9 Å². The van der Waals surface area contributed by atoms with Crippen LogP contribution in [-0.2, 0) is 0 Å². The molecule has 1 atom stereocenters. The van der Waals surface area contributed by atoms with Gasteiger partial charge in [0.15, 0.2) is 5.82 Å². The zero-order valence-corrected chi connectivity index (χ0v) is 12.9. The molecule has 1 aromatic carbocycles. The third-order valence-corrected chi connectivity index (χ3v) is 4.04. The number of aromatic nitrogens is 4. The van der Waals surface area contributed by atoms with E-state index in [0.29, 0.717) is 6.04 Å². The SMILES string of the molecule is COc1ccc2c(c1)ncn2-c1cncc(N[C@@H]2CCNC2)n1. The highest BCUT2D eigenvalue weighted by Crippen LogP contribution is 2.22. The summed E-state index contributed by atoms with van der Waals surface area (Å²) in [4.78, 5) is 13.4. The number of imidazole rings is 1. The van der Waals surface area contributed by atoms with Crippen molar-refractivity contribution in [2.75, 3.05) is 25.5 Å². The zero-order chi connectivity index (χ0) is 15.6. The fourth-order valence-corrected chi connectivity index (χ4v) is 2.83.